The topological polar surface area (TPSA) is 55.1 Å². The van der Waals surface area contributed by atoms with E-state index < -0.39 is 11.6 Å². The predicted octanol–water partition coefficient (Wildman–Crippen LogP) is 3.98. The molecule has 1 aliphatic carbocycles. The number of nitrogens with one attached hydrogen (secondary N) is 1. The summed E-state index contributed by atoms with van der Waals surface area (Å²) >= 11 is 0. The number of hydrogen-bond acceptors (Lipinski definition) is 4. The smallest absolute Gasteiger partial charge is 0.353 e. The van der Waals surface area contributed by atoms with Crippen LogP contribution in [-0.2, 0) is 7.05 Å². The molecular weight excluding hydrogens is 367 g/mol. The summed E-state index contributed by atoms with van der Waals surface area (Å²) in [6.07, 6.45) is 1.02. The van der Waals surface area contributed by atoms with E-state index in [1.54, 1.807) is 13.1 Å². The lowest BCUT2D eigenvalue weighted by molar-refractivity contribution is -0.182. The first-order valence-electron chi connectivity index (χ1n) is 8.82. The monoisotopic (exact) mass is 389 g/mol. The molecule has 0 unspecified atom stereocenters. The second kappa shape index (κ2) is 7.26. The Kier molecular flexibility index (Phi) is 5.14. The summed E-state index contributed by atoms with van der Waals surface area (Å²) in [5.74, 6) is 0.190. The lowest BCUT2D eigenvalue weighted by Crippen LogP contribution is -2.31. The highest BCUT2D eigenvalue weighted by Crippen LogP contribution is 2.57. The van der Waals surface area contributed by atoms with Crippen molar-refractivity contribution in [2.24, 2.45) is 17.5 Å². The van der Waals surface area contributed by atoms with Crippen molar-refractivity contribution in [3.05, 3.63) is 66.2 Å². The van der Waals surface area contributed by atoms with Gasteiger partial charge in [0.25, 0.3) is 0 Å². The van der Waals surface area contributed by atoms with Gasteiger partial charge in [-0.25, -0.2) is 15.0 Å². The number of rotatable bonds is 6. The zero-order valence-corrected chi connectivity index (χ0v) is 15.8. The number of alkyl halides is 3. The normalized spacial score (nSPS) is 16.0. The van der Waals surface area contributed by atoms with Crippen LogP contribution in [-0.4, -0.2) is 27.3 Å². The van der Waals surface area contributed by atoms with Crippen LogP contribution >= 0.6 is 0 Å². The van der Waals surface area contributed by atoms with Gasteiger partial charge in [0.05, 0.1) is 11.1 Å². The molecule has 0 aliphatic heterocycles. The number of anilines is 1. The van der Waals surface area contributed by atoms with E-state index in [2.05, 4.69) is 33.4 Å². The third-order valence-electron chi connectivity index (χ3n) is 5.02. The number of hydrogen-bond donors (Lipinski definition) is 1. The Bertz CT molecular complexity index is 984. The highest BCUT2D eigenvalue weighted by Gasteiger charge is 2.62. The maximum atomic E-state index is 13.0. The molecule has 0 radical (unpaired) electrons. The van der Waals surface area contributed by atoms with Crippen LogP contribution in [0.1, 0.15) is 29.7 Å². The van der Waals surface area contributed by atoms with Crippen LogP contribution in [0.25, 0.3) is 5.57 Å². The average Bonchev–Trinajstić information content (AvgIpc) is 3.43. The molecule has 1 aliphatic rings. The van der Waals surface area contributed by atoms with Gasteiger partial charge in [-0.05, 0) is 43.0 Å². The maximum Gasteiger partial charge on any atom is 0.396 e. The van der Waals surface area contributed by atoms with Crippen molar-refractivity contribution >= 4 is 11.5 Å². The van der Waals surface area contributed by atoms with Crippen LogP contribution in [0, 0.1) is 12.3 Å². The first-order valence-corrected chi connectivity index (χ1v) is 8.82. The third-order valence-corrected chi connectivity index (χ3v) is 5.02. The Morgan fingerprint density at radius 2 is 2.11 bits per heavy atom. The second-order valence-electron chi connectivity index (χ2n) is 7.00. The van der Waals surface area contributed by atoms with Crippen molar-refractivity contribution in [2.75, 3.05) is 11.9 Å². The molecule has 1 fully saturated rings. The summed E-state index contributed by atoms with van der Waals surface area (Å²) in [5.41, 5.74) is 2.07. The van der Waals surface area contributed by atoms with Gasteiger partial charge < -0.3 is 9.88 Å². The first-order chi connectivity index (χ1) is 13.2. The van der Waals surface area contributed by atoms with Gasteiger partial charge in [0.2, 0.25) is 5.95 Å². The molecule has 1 N–H and O–H groups in total. The molecule has 2 aromatic heterocycles. The first kappa shape index (κ1) is 19.9. The fourth-order valence-corrected chi connectivity index (χ4v) is 2.97. The fourth-order valence-electron chi connectivity index (χ4n) is 2.97. The average molecular weight is 389 g/mol. The summed E-state index contributed by atoms with van der Waals surface area (Å²) < 4.78 is 41.0. The standard InChI is InChI=1S/C20H22F3N5/c1-5-24-17-7-6-15(11-28(17)4)13(2)16-10-25-18(27-14(16)3)26-12-19(8-9-19)20(21,22)23/h5-7,10-11H,1-2,8-9,12H2,3-4H3,(H,25,26,27). The van der Waals surface area contributed by atoms with E-state index in [0.29, 0.717) is 5.69 Å². The van der Waals surface area contributed by atoms with E-state index >= 15 is 0 Å². The molecule has 0 aromatic carbocycles. The van der Waals surface area contributed by atoms with Gasteiger partial charge in [-0.1, -0.05) is 13.2 Å². The molecular formula is C20H22F3N5. The van der Waals surface area contributed by atoms with Gasteiger partial charge in [0.1, 0.15) is 5.49 Å². The number of nitrogens with zero attached hydrogens (tertiary/aromatic N) is 4. The molecule has 1 saturated carbocycles. The Balaban J connectivity index is 1.77. The minimum atomic E-state index is -4.21. The van der Waals surface area contributed by atoms with E-state index in [-0.39, 0.29) is 25.3 Å². The Labute approximate surface area is 161 Å². The molecule has 0 saturated heterocycles. The molecule has 0 spiro atoms. The molecule has 28 heavy (non-hydrogen) atoms. The van der Waals surface area contributed by atoms with E-state index in [1.165, 1.54) is 6.20 Å². The molecule has 3 rings (SSSR count). The molecule has 0 atom stereocenters. The second-order valence-corrected chi connectivity index (χ2v) is 7.00. The molecule has 2 heterocycles. The van der Waals surface area contributed by atoms with E-state index in [4.69, 9.17) is 0 Å². The third kappa shape index (κ3) is 3.85. The molecule has 0 bridgehead atoms. The Morgan fingerprint density at radius 1 is 1.39 bits per heavy atom. The largest absolute Gasteiger partial charge is 0.396 e. The van der Waals surface area contributed by atoms with Gasteiger partial charge in [0, 0.05) is 37.7 Å². The predicted molar refractivity (Wildman–Crippen MR) is 102 cm³/mol. The summed E-state index contributed by atoms with van der Waals surface area (Å²) in [7, 11) is 1.86. The Morgan fingerprint density at radius 3 is 2.64 bits per heavy atom. The number of aromatic nitrogens is 3. The SMILES string of the molecule is C=CN=c1ccc(C(=C)c2cnc(NCC3(C(F)(F)F)CC3)nc2C)cn1C. The molecule has 148 valence electrons. The summed E-state index contributed by atoms with van der Waals surface area (Å²) in [5, 5.41) is 2.73. The minimum Gasteiger partial charge on any atom is -0.353 e. The molecule has 8 heteroatoms. The van der Waals surface area contributed by atoms with Crippen molar-refractivity contribution in [3.8, 4) is 0 Å². The maximum absolute atomic E-state index is 13.0. The zero-order valence-electron chi connectivity index (χ0n) is 15.8. The lowest BCUT2D eigenvalue weighted by atomic mass is 10.0. The quantitative estimate of drug-likeness (QED) is 0.813. The molecule has 2 aromatic rings. The highest BCUT2D eigenvalue weighted by molar-refractivity contribution is 5.78. The highest BCUT2D eigenvalue weighted by atomic mass is 19.4. The summed E-state index contributed by atoms with van der Waals surface area (Å²) in [4.78, 5) is 12.6. The lowest BCUT2D eigenvalue weighted by Gasteiger charge is -2.19. The van der Waals surface area contributed by atoms with E-state index in [1.807, 2.05) is 29.9 Å². The minimum absolute atomic E-state index is 0.141. The Hall–Kier alpha value is -2.90. The van der Waals surface area contributed by atoms with Crippen LogP contribution in [0.4, 0.5) is 19.1 Å². The van der Waals surface area contributed by atoms with Gasteiger partial charge in [-0.2, -0.15) is 13.2 Å². The molecule has 5 nitrogen and oxygen atoms in total. The van der Waals surface area contributed by atoms with Gasteiger partial charge >= 0.3 is 6.18 Å². The summed E-state index contributed by atoms with van der Waals surface area (Å²) in [6, 6.07) is 3.73. The zero-order chi connectivity index (χ0) is 20.5. The van der Waals surface area contributed by atoms with Crippen molar-refractivity contribution in [1.82, 2.24) is 14.5 Å². The van der Waals surface area contributed by atoms with Crippen LogP contribution in [0.5, 0.6) is 0 Å². The van der Waals surface area contributed by atoms with E-state index in [9.17, 15) is 13.2 Å². The van der Waals surface area contributed by atoms with Crippen molar-refractivity contribution in [3.63, 3.8) is 0 Å². The van der Waals surface area contributed by atoms with Gasteiger partial charge in [-0.15, -0.1) is 0 Å². The van der Waals surface area contributed by atoms with Crippen molar-refractivity contribution in [1.29, 1.82) is 0 Å². The molecule has 0 amide bonds. The number of halogens is 3. The van der Waals surface area contributed by atoms with Crippen LogP contribution in [0.3, 0.4) is 0 Å². The fraction of sp³-hybridized carbons (Fsp3) is 0.350. The van der Waals surface area contributed by atoms with Crippen molar-refractivity contribution in [2.45, 2.75) is 25.9 Å². The number of aryl methyl sites for hydroxylation is 2. The van der Waals surface area contributed by atoms with E-state index in [0.717, 1.165) is 22.2 Å². The summed E-state index contributed by atoms with van der Waals surface area (Å²) in [6.45, 7) is 9.28. The van der Waals surface area contributed by atoms with Crippen LogP contribution in [0.2, 0.25) is 0 Å². The van der Waals surface area contributed by atoms with Crippen LogP contribution in [0.15, 0.2) is 48.9 Å². The van der Waals surface area contributed by atoms with Crippen LogP contribution < -0.4 is 10.8 Å². The van der Waals surface area contributed by atoms with Crippen molar-refractivity contribution < 1.29 is 13.2 Å². The van der Waals surface area contributed by atoms with Gasteiger partial charge in [-0.3, -0.25) is 0 Å². The van der Waals surface area contributed by atoms with Gasteiger partial charge in [0.15, 0.2) is 0 Å². The number of pyridine rings is 1.